The summed E-state index contributed by atoms with van der Waals surface area (Å²) in [5, 5.41) is 2.35. The number of nitrogens with zero attached hydrogens (tertiary/aromatic N) is 2. The van der Waals surface area contributed by atoms with Crippen LogP contribution in [0.25, 0.3) is 0 Å². The smallest absolute Gasteiger partial charge is 0.357 e. The molecule has 0 atom stereocenters. The monoisotopic (exact) mass is 454 g/mol. The molecule has 6 nitrogen and oxygen atoms in total. The second-order valence-corrected chi connectivity index (χ2v) is 7.49. The average molecular weight is 455 g/mol. The van der Waals surface area contributed by atoms with Gasteiger partial charge in [0.2, 0.25) is 0 Å². The highest BCUT2D eigenvalue weighted by Gasteiger charge is 2.19. The maximum Gasteiger partial charge on any atom is 0.357 e. The predicted molar refractivity (Wildman–Crippen MR) is 108 cm³/mol. The van der Waals surface area contributed by atoms with Gasteiger partial charge in [-0.15, -0.1) is 11.3 Å². The molecule has 146 valence electrons. The van der Waals surface area contributed by atoms with Crippen molar-refractivity contribution >= 4 is 39.1 Å². The van der Waals surface area contributed by atoms with E-state index in [-0.39, 0.29) is 11.6 Å². The van der Waals surface area contributed by atoms with Gasteiger partial charge in [-0.2, -0.15) is 0 Å². The van der Waals surface area contributed by atoms with Crippen LogP contribution in [0.2, 0.25) is 0 Å². The van der Waals surface area contributed by atoms with E-state index >= 15 is 0 Å². The van der Waals surface area contributed by atoms with E-state index in [2.05, 4.69) is 20.9 Å². The molecule has 8 heteroatoms. The summed E-state index contributed by atoms with van der Waals surface area (Å²) >= 11 is 4.75. The summed E-state index contributed by atoms with van der Waals surface area (Å²) < 4.78 is 11.2. The number of rotatable bonds is 10. The number of ether oxygens (including phenoxy) is 2. The lowest BCUT2D eigenvalue weighted by atomic mass is 10.2. The molecule has 2 aromatic rings. The Balaban J connectivity index is 2.12. The van der Waals surface area contributed by atoms with Crippen molar-refractivity contribution in [2.45, 2.75) is 26.8 Å². The minimum Gasteiger partial charge on any atom is -0.461 e. The van der Waals surface area contributed by atoms with Crippen molar-refractivity contribution in [1.82, 2.24) is 9.88 Å². The minimum atomic E-state index is -0.443. The topological polar surface area (TPSA) is 68.7 Å². The SMILES string of the molecule is CCOCCCN(Cc1nc(C(=O)OCC)cs1)C(=O)c1cccc(Br)c1. The Morgan fingerprint density at radius 1 is 1.26 bits per heavy atom. The zero-order chi connectivity index (χ0) is 19.6. The van der Waals surface area contributed by atoms with E-state index in [0.29, 0.717) is 43.5 Å². The minimum absolute atomic E-state index is 0.0827. The molecule has 0 saturated heterocycles. The maximum absolute atomic E-state index is 13.0. The van der Waals surface area contributed by atoms with E-state index in [1.807, 2.05) is 19.1 Å². The fourth-order valence-corrected chi connectivity index (χ4v) is 3.58. The first-order valence-electron chi connectivity index (χ1n) is 8.79. The van der Waals surface area contributed by atoms with Crippen LogP contribution in [0.5, 0.6) is 0 Å². The van der Waals surface area contributed by atoms with Gasteiger partial charge in [0.05, 0.1) is 13.2 Å². The van der Waals surface area contributed by atoms with Gasteiger partial charge >= 0.3 is 5.97 Å². The molecule has 2 rings (SSSR count). The third-order valence-corrected chi connectivity index (χ3v) is 4.97. The summed E-state index contributed by atoms with van der Waals surface area (Å²) in [6, 6.07) is 7.29. The summed E-state index contributed by atoms with van der Waals surface area (Å²) in [4.78, 5) is 30.8. The molecular formula is C19H23BrN2O4S. The molecule has 1 heterocycles. The number of esters is 1. The predicted octanol–water partition coefficient (Wildman–Crippen LogP) is 4.15. The van der Waals surface area contributed by atoms with Gasteiger partial charge in [-0.3, -0.25) is 4.79 Å². The fourth-order valence-electron chi connectivity index (χ4n) is 2.40. The molecule has 1 aromatic heterocycles. The molecule has 0 aliphatic rings. The van der Waals surface area contributed by atoms with Crippen molar-refractivity contribution < 1.29 is 19.1 Å². The molecular weight excluding hydrogens is 432 g/mol. The summed E-state index contributed by atoms with van der Waals surface area (Å²) in [5.41, 5.74) is 0.879. The third-order valence-electron chi connectivity index (χ3n) is 3.64. The van der Waals surface area contributed by atoms with Crippen molar-refractivity contribution in [2.24, 2.45) is 0 Å². The Labute approximate surface area is 171 Å². The number of amides is 1. The van der Waals surface area contributed by atoms with Gasteiger partial charge in [0.25, 0.3) is 5.91 Å². The molecule has 1 aromatic carbocycles. The molecule has 0 N–H and O–H groups in total. The van der Waals surface area contributed by atoms with E-state index in [9.17, 15) is 9.59 Å². The van der Waals surface area contributed by atoms with Gasteiger partial charge in [0.1, 0.15) is 5.01 Å². The second kappa shape index (κ2) is 11.2. The highest BCUT2D eigenvalue weighted by Crippen LogP contribution is 2.18. The van der Waals surface area contributed by atoms with E-state index < -0.39 is 5.97 Å². The zero-order valence-electron chi connectivity index (χ0n) is 15.4. The first-order valence-corrected chi connectivity index (χ1v) is 10.5. The van der Waals surface area contributed by atoms with E-state index in [1.165, 1.54) is 11.3 Å². The van der Waals surface area contributed by atoms with E-state index in [4.69, 9.17) is 9.47 Å². The molecule has 0 fully saturated rings. The number of hydrogen-bond acceptors (Lipinski definition) is 6. The number of hydrogen-bond donors (Lipinski definition) is 0. The molecule has 0 bridgehead atoms. The lowest BCUT2D eigenvalue weighted by Gasteiger charge is -2.22. The molecule has 0 radical (unpaired) electrons. The number of aromatic nitrogens is 1. The Bertz CT molecular complexity index is 766. The molecule has 0 aliphatic carbocycles. The van der Waals surface area contributed by atoms with Crippen LogP contribution in [-0.4, -0.2) is 48.1 Å². The van der Waals surface area contributed by atoms with Gasteiger partial charge in [0.15, 0.2) is 5.69 Å². The number of benzene rings is 1. The van der Waals surface area contributed by atoms with Crippen LogP contribution in [0.3, 0.4) is 0 Å². The Hall–Kier alpha value is -1.77. The molecule has 0 saturated carbocycles. The number of thiazole rings is 1. The Kier molecular flexibility index (Phi) is 8.90. The lowest BCUT2D eigenvalue weighted by Crippen LogP contribution is -2.32. The Morgan fingerprint density at radius 3 is 2.78 bits per heavy atom. The van der Waals surface area contributed by atoms with Gasteiger partial charge in [0, 0.05) is 35.2 Å². The summed E-state index contributed by atoms with van der Waals surface area (Å²) in [6.07, 6.45) is 0.726. The molecule has 0 unspecified atom stereocenters. The summed E-state index contributed by atoms with van der Waals surface area (Å²) in [7, 11) is 0. The van der Waals surface area contributed by atoms with Crippen molar-refractivity contribution in [2.75, 3.05) is 26.4 Å². The maximum atomic E-state index is 13.0. The van der Waals surface area contributed by atoms with Gasteiger partial charge in [-0.05, 0) is 38.5 Å². The van der Waals surface area contributed by atoms with Crippen LogP contribution in [0, 0.1) is 0 Å². The van der Waals surface area contributed by atoms with Crippen LogP contribution in [-0.2, 0) is 16.0 Å². The fraction of sp³-hybridized carbons (Fsp3) is 0.421. The Morgan fingerprint density at radius 2 is 2.07 bits per heavy atom. The zero-order valence-corrected chi connectivity index (χ0v) is 17.8. The van der Waals surface area contributed by atoms with Crippen LogP contribution in [0.15, 0.2) is 34.1 Å². The van der Waals surface area contributed by atoms with Crippen molar-refractivity contribution in [3.8, 4) is 0 Å². The highest BCUT2D eigenvalue weighted by atomic mass is 79.9. The van der Waals surface area contributed by atoms with Crippen LogP contribution >= 0.6 is 27.3 Å². The molecule has 27 heavy (non-hydrogen) atoms. The normalized spacial score (nSPS) is 10.6. The van der Waals surface area contributed by atoms with Crippen molar-refractivity contribution in [3.05, 3.63) is 50.4 Å². The number of carbonyl (C=O) groups is 2. The van der Waals surface area contributed by atoms with Crippen LogP contribution < -0.4 is 0 Å². The molecule has 0 aliphatic heterocycles. The largest absolute Gasteiger partial charge is 0.461 e. The van der Waals surface area contributed by atoms with Crippen molar-refractivity contribution in [1.29, 1.82) is 0 Å². The van der Waals surface area contributed by atoms with Crippen LogP contribution in [0.1, 0.15) is 46.1 Å². The van der Waals surface area contributed by atoms with Crippen molar-refractivity contribution in [3.63, 3.8) is 0 Å². The van der Waals surface area contributed by atoms with Crippen LogP contribution in [0.4, 0.5) is 0 Å². The number of carbonyl (C=O) groups excluding carboxylic acids is 2. The lowest BCUT2D eigenvalue weighted by molar-refractivity contribution is 0.0520. The third kappa shape index (κ3) is 6.71. The molecule has 0 spiro atoms. The first kappa shape index (κ1) is 21.5. The van der Waals surface area contributed by atoms with Gasteiger partial charge in [-0.1, -0.05) is 22.0 Å². The quantitative estimate of drug-likeness (QED) is 0.398. The second-order valence-electron chi connectivity index (χ2n) is 5.63. The van der Waals surface area contributed by atoms with E-state index in [0.717, 1.165) is 10.9 Å². The average Bonchev–Trinajstić information content (AvgIpc) is 3.12. The standard InChI is InChI=1S/C19H23BrN2O4S/c1-3-25-10-6-9-22(18(23)14-7-5-8-15(20)11-14)12-17-21-16(13-27-17)19(24)26-4-2/h5,7-8,11,13H,3-4,6,9-10,12H2,1-2H3. The highest BCUT2D eigenvalue weighted by molar-refractivity contribution is 9.10. The summed E-state index contributed by atoms with van der Waals surface area (Å²) in [6.45, 7) is 6.11. The first-order chi connectivity index (χ1) is 13.0. The summed E-state index contributed by atoms with van der Waals surface area (Å²) in [5.74, 6) is -0.526. The molecule has 1 amide bonds. The number of halogens is 1. The van der Waals surface area contributed by atoms with Gasteiger partial charge in [-0.25, -0.2) is 9.78 Å². The van der Waals surface area contributed by atoms with Gasteiger partial charge < -0.3 is 14.4 Å². The van der Waals surface area contributed by atoms with E-state index in [1.54, 1.807) is 29.3 Å².